The van der Waals surface area contributed by atoms with Crippen LogP contribution >= 0.6 is 31.9 Å². The summed E-state index contributed by atoms with van der Waals surface area (Å²) in [5.74, 6) is -0.860. The minimum atomic E-state index is -4.37. The van der Waals surface area contributed by atoms with Crippen LogP contribution in [0.15, 0.2) is 21.1 Å². The fourth-order valence-corrected chi connectivity index (χ4v) is 2.18. The Hall–Kier alpha value is -0.470. The van der Waals surface area contributed by atoms with Gasteiger partial charge in [0.25, 0.3) is 0 Å². The van der Waals surface area contributed by atoms with E-state index in [0.29, 0.717) is 14.7 Å². The zero-order valence-corrected chi connectivity index (χ0v) is 13.1. The molecule has 0 aliphatic rings. The van der Waals surface area contributed by atoms with Gasteiger partial charge in [-0.25, -0.2) is 0 Å². The highest BCUT2D eigenvalue weighted by Gasteiger charge is 2.39. The summed E-state index contributed by atoms with van der Waals surface area (Å²) in [6.45, 7) is -1.05. The maximum Gasteiger partial charge on any atom is 0.396 e. The summed E-state index contributed by atoms with van der Waals surface area (Å²) in [6, 6.07) is 3.14. The van der Waals surface area contributed by atoms with Gasteiger partial charge in [-0.1, -0.05) is 0 Å². The summed E-state index contributed by atoms with van der Waals surface area (Å²) >= 11 is 6.44. The lowest BCUT2D eigenvalue weighted by atomic mass is 10.1. The number of alkyl halides is 3. The molecule has 1 aromatic carbocycles. The number of benzene rings is 1. The molecule has 0 amide bonds. The zero-order chi connectivity index (χ0) is 14.6. The number of halogens is 5. The molecule has 0 heterocycles. The Morgan fingerprint density at radius 2 is 1.74 bits per heavy atom. The van der Waals surface area contributed by atoms with Crippen LogP contribution in [-0.4, -0.2) is 26.4 Å². The molecule has 0 spiro atoms. The van der Waals surface area contributed by atoms with Crippen LogP contribution < -0.4 is 15.2 Å². The van der Waals surface area contributed by atoms with Crippen LogP contribution in [0, 0.1) is 5.92 Å². The van der Waals surface area contributed by atoms with E-state index in [4.69, 9.17) is 15.2 Å². The molecule has 1 unspecified atom stereocenters. The third kappa shape index (κ3) is 4.54. The molecule has 0 aliphatic heterocycles. The fourth-order valence-electron chi connectivity index (χ4n) is 1.26. The van der Waals surface area contributed by atoms with Crippen molar-refractivity contribution in [1.29, 1.82) is 0 Å². The minimum Gasteiger partial charge on any atom is -0.496 e. The van der Waals surface area contributed by atoms with Crippen molar-refractivity contribution >= 4 is 31.9 Å². The van der Waals surface area contributed by atoms with Gasteiger partial charge in [-0.05, 0) is 44.0 Å². The van der Waals surface area contributed by atoms with Crippen molar-refractivity contribution in [1.82, 2.24) is 0 Å². The van der Waals surface area contributed by atoms with Crippen LogP contribution in [0.3, 0.4) is 0 Å². The van der Waals surface area contributed by atoms with Gasteiger partial charge in [0, 0.05) is 6.54 Å². The number of ether oxygens (including phenoxy) is 2. The molecular weight excluding hydrogens is 395 g/mol. The maximum atomic E-state index is 12.5. The molecule has 0 bridgehead atoms. The quantitative estimate of drug-likeness (QED) is 0.810. The Bertz CT molecular complexity index is 441. The second kappa shape index (κ2) is 6.81. The summed E-state index contributed by atoms with van der Waals surface area (Å²) in [5, 5.41) is 0. The molecule has 0 aliphatic carbocycles. The van der Waals surface area contributed by atoms with E-state index in [-0.39, 0.29) is 5.75 Å². The molecular formula is C11H12Br2F3NO2. The topological polar surface area (TPSA) is 44.5 Å². The molecule has 0 aromatic heterocycles. The molecule has 108 valence electrons. The third-order valence-electron chi connectivity index (χ3n) is 2.39. The number of hydrogen-bond donors (Lipinski definition) is 1. The normalized spacial score (nSPS) is 13.2. The van der Waals surface area contributed by atoms with Crippen LogP contribution in [0.1, 0.15) is 0 Å². The van der Waals surface area contributed by atoms with E-state index < -0.39 is 25.2 Å². The molecule has 2 N–H and O–H groups in total. The first-order valence-corrected chi connectivity index (χ1v) is 6.80. The van der Waals surface area contributed by atoms with Gasteiger partial charge in [0.1, 0.15) is 24.0 Å². The first-order valence-electron chi connectivity index (χ1n) is 5.22. The predicted molar refractivity (Wildman–Crippen MR) is 72.5 cm³/mol. The third-order valence-corrected chi connectivity index (χ3v) is 3.63. The first kappa shape index (κ1) is 16.6. The van der Waals surface area contributed by atoms with E-state index in [1.165, 1.54) is 13.2 Å². The van der Waals surface area contributed by atoms with E-state index in [1.807, 2.05) is 0 Å². The van der Waals surface area contributed by atoms with Gasteiger partial charge in [0.05, 0.1) is 16.1 Å². The Morgan fingerprint density at radius 1 is 1.21 bits per heavy atom. The van der Waals surface area contributed by atoms with Gasteiger partial charge in [-0.3, -0.25) is 0 Å². The fraction of sp³-hybridized carbons (Fsp3) is 0.455. The van der Waals surface area contributed by atoms with Crippen LogP contribution in [0.4, 0.5) is 13.2 Å². The van der Waals surface area contributed by atoms with Gasteiger partial charge in [-0.2, -0.15) is 13.2 Å². The average Bonchev–Trinajstić information content (AvgIpc) is 2.31. The first-order chi connectivity index (χ1) is 8.79. The Morgan fingerprint density at radius 3 is 2.21 bits per heavy atom. The van der Waals surface area contributed by atoms with Crippen molar-refractivity contribution in [2.24, 2.45) is 11.7 Å². The Balaban J connectivity index is 2.81. The van der Waals surface area contributed by atoms with Crippen molar-refractivity contribution in [3.8, 4) is 11.5 Å². The monoisotopic (exact) mass is 405 g/mol. The van der Waals surface area contributed by atoms with E-state index in [2.05, 4.69) is 31.9 Å². The van der Waals surface area contributed by atoms with Gasteiger partial charge >= 0.3 is 6.18 Å². The molecule has 8 heteroatoms. The van der Waals surface area contributed by atoms with Crippen molar-refractivity contribution in [3.63, 3.8) is 0 Å². The van der Waals surface area contributed by atoms with Crippen LogP contribution in [0.5, 0.6) is 11.5 Å². The number of methoxy groups -OCH3 is 1. The number of hydrogen-bond acceptors (Lipinski definition) is 3. The highest BCUT2D eigenvalue weighted by molar-refractivity contribution is 9.11. The molecule has 3 nitrogen and oxygen atoms in total. The lowest BCUT2D eigenvalue weighted by molar-refractivity contribution is -0.178. The van der Waals surface area contributed by atoms with E-state index >= 15 is 0 Å². The predicted octanol–water partition coefficient (Wildman–Crippen LogP) is 3.74. The van der Waals surface area contributed by atoms with E-state index in [0.717, 1.165) is 0 Å². The summed E-state index contributed by atoms with van der Waals surface area (Å²) in [4.78, 5) is 0. The largest absolute Gasteiger partial charge is 0.496 e. The Labute approximate surface area is 125 Å². The molecule has 19 heavy (non-hydrogen) atoms. The molecule has 0 radical (unpaired) electrons. The molecule has 0 fully saturated rings. The molecule has 0 saturated carbocycles. The van der Waals surface area contributed by atoms with Crippen LogP contribution in [-0.2, 0) is 0 Å². The average molecular weight is 407 g/mol. The lowest BCUT2D eigenvalue weighted by Gasteiger charge is -2.19. The summed E-state index contributed by atoms with van der Waals surface area (Å²) in [5.41, 5.74) is 5.10. The van der Waals surface area contributed by atoms with Crippen LogP contribution in [0.2, 0.25) is 0 Å². The second-order valence-corrected chi connectivity index (χ2v) is 5.41. The summed E-state index contributed by atoms with van der Waals surface area (Å²) < 4.78 is 48.9. The van der Waals surface area contributed by atoms with Crippen molar-refractivity contribution in [3.05, 3.63) is 21.1 Å². The van der Waals surface area contributed by atoms with Crippen molar-refractivity contribution in [2.75, 3.05) is 20.3 Å². The zero-order valence-electron chi connectivity index (χ0n) is 9.93. The highest BCUT2D eigenvalue weighted by Crippen LogP contribution is 2.36. The van der Waals surface area contributed by atoms with Crippen LogP contribution in [0.25, 0.3) is 0 Å². The Kier molecular flexibility index (Phi) is 5.94. The summed E-state index contributed by atoms with van der Waals surface area (Å²) in [6.07, 6.45) is -4.37. The summed E-state index contributed by atoms with van der Waals surface area (Å²) in [7, 11) is 1.49. The number of nitrogens with two attached hydrogens (primary N) is 1. The second-order valence-electron chi connectivity index (χ2n) is 3.70. The lowest BCUT2D eigenvalue weighted by Crippen LogP contribution is -2.35. The van der Waals surface area contributed by atoms with E-state index in [1.54, 1.807) is 6.07 Å². The molecule has 1 aromatic rings. The van der Waals surface area contributed by atoms with Gasteiger partial charge in [-0.15, -0.1) is 0 Å². The maximum absolute atomic E-state index is 12.5. The van der Waals surface area contributed by atoms with Crippen molar-refractivity contribution < 1.29 is 22.6 Å². The number of rotatable bonds is 5. The van der Waals surface area contributed by atoms with Crippen molar-refractivity contribution in [2.45, 2.75) is 6.18 Å². The highest BCUT2D eigenvalue weighted by atomic mass is 79.9. The van der Waals surface area contributed by atoms with Gasteiger partial charge in [0.2, 0.25) is 0 Å². The smallest absolute Gasteiger partial charge is 0.396 e. The van der Waals surface area contributed by atoms with Gasteiger partial charge in [0.15, 0.2) is 0 Å². The SMILES string of the molecule is COc1cc(Br)c(OCC(CN)C(F)(F)F)cc1Br. The standard InChI is InChI=1S/C11H12Br2F3NO2/c1-18-9-2-8(13)10(3-7(9)12)19-5-6(4-17)11(14,15)16/h2-3,6H,4-5,17H2,1H3. The molecule has 1 rings (SSSR count). The molecule has 0 saturated heterocycles. The molecule has 1 atom stereocenters. The van der Waals surface area contributed by atoms with Gasteiger partial charge < -0.3 is 15.2 Å². The minimum absolute atomic E-state index is 0.287. The van der Waals surface area contributed by atoms with E-state index in [9.17, 15) is 13.2 Å².